The number of Topliss-reactive ketones (excluding diaryl/α,β-unsaturated/α-hetero) is 2. The van der Waals surface area contributed by atoms with Gasteiger partial charge in [-0.25, -0.2) is 8.42 Å². The molecule has 0 radical (unpaired) electrons. The first-order valence-corrected chi connectivity index (χ1v) is 13.0. The second-order valence-electron chi connectivity index (χ2n) is 7.70. The zero-order chi connectivity index (χ0) is 23.5. The van der Waals surface area contributed by atoms with Gasteiger partial charge in [0.15, 0.2) is 11.6 Å². The van der Waals surface area contributed by atoms with Crippen LogP contribution in [0, 0.1) is 13.8 Å². The van der Waals surface area contributed by atoms with E-state index in [1.54, 1.807) is 42.5 Å². The molecule has 0 unspecified atom stereocenters. The largest absolute Gasteiger partial charge is 0.348 e. The van der Waals surface area contributed by atoms with Gasteiger partial charge in [0.05, 0.1) is 18.0 Å². The summed E-state index contributed by atoms with van der Waals surface area (Å²) in [6, 6.07) is 12.3. The van der Waals surface area contributed by atoms with E-state index in [0.717, 1.165) is 28.7 Å². The second-order valence-corrected chi connectivity index (χ2v) is 10.9. The van der Waals surface area contributed by atoms with Crippen LogP contribution >= 0.6 is 11.3 Å². The number of ketones is 2. The minimum absolute atomic E-state index is 0.104. The number of thiophene rings is 1. The molecule has 0 saturated heterocycles. The first-order chi connectivity index (χ1) is 15.1. The van der Waals surface area contributed by atoms with E-state index in [9.17, 15) is 18.0 Å². The lowest BCUT2D eigenvalue weighted by Gasteiger charge is -2.23. The molecule has 2 aromatic heterocycles. The van der Waals surface area contributed by atoms with Crippen LogP contribution in [0.4, 0.5) is 5.69 Å². The molecule has 0 N–H and O–H groups in total. The van der Waals surface area contributed by atoms with Gasteiger partial charge in [0.2, 0.25) is 10.0 Å². The van der Waals surface area contributed by atoms with Gasteiger partial charge in [0.25, 0.3) is 0 Å². The average molecular weight is 473 g/mol. The van der Waals surface area contributed by atoms with E-state index in [4.69, 9.17) is 0 Å². The second kappa shape index (κ2) is 9.83. The molecule has 6 nitrogen and oxygen atoms in total. The van der Waals surface area contributed by atoms with Crippen molar-refractivity contribution in [1.82, 2.24) is 4.57 Å². The van der Waals surface area contributed by atoms with Crippen LogP contribution in [0.2, 0.25) is 0 Å². The monoisotopic (exact) mass is 472 g/mol. The maximum absolute atomic E-state index is 13.2. The molecule has 3 rings (SSSR count). The van der Waals surface area contributed by atoms with E-state index in [2.05, 4.69) is 10.6 Å². The standard InChI is InChI=1S/C24H28N2O4S2/c1-5-32(29,30)26(21-10-8-20(9-11-21)19(4)27)16-24(28)23-15-17(2)25(18(23)3)13-12-22-7-6-14-31-22/h6-11,14-15H,5,12-13,16H2,1-4H3. The summed E-state index contributed by atoms with van der Waals surface area (Å²) in [6.45, 7) is 7.33. The smallest absolute Gasteiger partial charge is 0.235 e. The van der Waals surface area contributed by atoms with Crippen LogP contribution in [0.15, 0.2) is 47.8 Å². The summed E-state index contributed by atoms with van der Waals surface area (Å²) in [4.78, 5) is 26.0. The molecule has 170 valence electrons. The fourth-order valence-corrected chi connectivity index (χ4v) is 5.46. The van der Waals surface area contributed by atoms with Crippen molar-refractivity contribution < 1.29 is 18.0 Å². The van der Waals surface area contributed by atoms with Crippen molar-refractivity contribution in [2.75, 3.05) is 16.6 Å². The highest BCUT2D eigenvalue weighted by Crippen LogP contribution is 2.23. The summed E-state index contributed by atoms with van der Waals surface area (Å²) in [5.74, 6) is -0.491. The Bertz CT molecular complexity index is 1210. The Kier molecular flexibility index (Phi) is 7.36. The van der Waals surface area contributed by atoms with E-state index in [0.29, 0.717) is 16.8 Å². The van der Waals surface area contributed by atoms with Crippen molar-refractivity contribution in [2.24, 2.45) is 0 Å². The third-order valence-corrected chi connectivity index (χ3v) is 8.26. The normalized spacial score (nSPS) is 11.5. The maximum Gasteiger partial charge on any atom is 0.235 e. The number of anilines is 1. The maximum atomic E-state index is 13.2. The number of sulfonamides is 1. The molecule has 0 aliphatic carbocycles. The van der Waals surface area contributed by atoms with Gasteiger partial charge in [-0.1, -0.05) is 6.07 Å². The molecule has 0 aliphatic rings. The van der Waals surface area contributed by atoms with Crippen molar-refractivity contribution in [1.29, 1.82) is 0 Å². The highest BCUT2D eigenvalue weighted by atomic mass is 32.2. The predicted molar refractivity (Wildman–Crippen MR) is 130 cm³/mol. The Hall–Kier alpha value is -2.71. The first-order valence-electron chi connectivity index (χ1n) is 10.5. The van der Waals surface area contributed by atoms with Crippen molar-refractivity contribution in [3.8, 4) is 0 Å². The molecular formula is C24H28N2O4S2. The molecule has 0 fully saturated rings. The molecule has 0 spiro atoms. The lowest BCUT2D eigenvalue weighted by molar-refractivity contribution is 0.0997. The van der Waals surface area contributed by atoms with E-state index >= 15 is 0 Å². The predicted octanol–water partition coefficient (Wildman–Crippen LogP) is 4.65. The van der Waals surface area contributed by atoms with Gasteiger partial charge < -0.3 is 4.57 Å². The topological polar surface area (TPSA) is 76.5 Å². The van der Waals surface area contributed by atoms with E-state index < -0.39 is 10.0 Å². The van der Waals surface area contributed by atoms with Gasteiger partial charge in [-0.2, -0.15) is 0 Å². The quantitative estimate of drug-likeness (QED) is 0.403. The highest BCUT2D eigenvalue weighted by molar-refractivity contribution is 7.92. The van der Waals surface area contributed by atoms with Crippen LogP contribution < -0.4 is 4.31 Å². The third kappa shape index (κ3) is 5.19. The number of carbonyl (C=O) groups is 2. The molecule has 32 heavy (non-hydrogen) atoms. The number of carbonyl (C=O) groups excluding carboxylic acids is 2. The number of hydrogen-bond donors (Lipinski definition) is 0. The number of aryl methyl sites for hydroxylation is 2. The molecule has 3 aromatic rings. The summed E-state index contributed by atoms with van der Waals surface area (Å²) in [5.41, 5.74) is 3.20. The minimum atomic E-state index is -3.68. The molecule has 1 aromatic carbocycles. The lowest BCUT2D eigenvalue weighted by Crippen LogP contribution is -2.37. The molecular weight excluding hydrogens is 444 g/mol. The zero-order valence-electron chi connectivity index (χ0n) is 18.8. The summed E-state index contributed by atoms with van der Waals surface area (Å²) >= 11 is 1.71. The van der Waals surface area contributed by atoms with Crippen molar-refractivity contribution in [3.63, 3.8) is 0 Å². The van der Waals surface area contributed by atoms with Crippen LogP contribution in [0.25, 0.3) is 0 Å². The fraction of sp³-hybridized carbons (Fsp3) is 0.333. The SMILES string of the molecule is CCS(=O)(=O)N(CC(=O)c1cc(C)n(CCc2cccs2)c1C)c1ccc(C(C)=O)cc1. The Morgan fingerprint density at radius 2 is 1.78 bits per heavy atom. The Labute approximate surface area is 193 Å². The number of benzene rings is 1. The van der Waals surface area contributed by atoms with Gasteiger partial charge in [-0.3, -0.25) is 13.9 Å². The summed E-state index contributed by atoms with van der Waals surface area (Å²) in [6.07, 6.45) is 0.875. The van der Waals surface area contributed by atoms with Gasteiger partial charge in [-0.15, -0.1) is 11.3 Å². The molecule has 0 bridgehead atoms. The van der Waals surface area contributed by atoms with Crippen LogP contribution in [0.1, 0.15) is 50.8 Å². The van der Waals surface area contributed by atoms with Crippen LogP contribution in [0.3, 0.4) is 0 Å². The number of aromatic nitrogens is 1. The number of hydrogen-bond acceptors (Lipinski definition) is 5. The Morgan fingerprint density at radius 1 is 1.09 bits per heavy atom. The summed E-state index contributed by atoms with van der Waals surface area (Å²) < 4.78 is 28.8. The molecule has 8 heteroatoms. The van der Waals surface area contributed by atoms with E-state index in [1.165, 1.54) is 11.8 Å². The molecule has 0 saturated carbocycles. The van der Waals surface area contributed by atoms with Crippen LogP contribution in [-0.2, 0) is 23.0 Å². The molecule has 2 heterocycles. The fourth-order valence-electron chi connectivity index (χ4n) is 3.69. The van der Waals surface area contributed by atoms with Crippen molar-refractivity contribution in [2.45, 2.75) is 40.7 Å². The van der Waals surface area contributed by atoms with Gasteiger partial charge >= 0.3 is 0 Å². The third-order valence-electron chi connectivity index (χ3n) is 5.59. The minimum Gasteiger partial charge on any atom is -0.348 e. The summed E-state index contributed by atoms with van der Waals surface area (Å²) in [5, 5.41) is 2.05. The van der Waals surface area contributed by atoms with E-state index in [-0.39, 0.29) is 23.9 Å². The number of nitrogens with zero attached hydrogens (tertiary/aromatic N) is 2. The van der Waals surface area contributed by atoms with Gasteiger partial charge in [0, 0.05) is 33.9 Å². The lowest BCUT2D eigenvalue weighted by atomic mass is 10.1. The van der Waals surface area contributed by atoms with Crippen LogP contribution in [-0.4, -0.2) is 36.8 Å². The Morgan fingerprint density at radius 3 is 2.34 bits per heavy atom. The molecule has 0 atom stereocenters. The summed E-state index contributed by atoms with van der Waals surface area (Å²) in [7, 11) is -3.68. The van der Waals surface area contributed by atoms with Gasteiger partial charge in [0.1, 0.15) is 0 Å². The van der Waals surface area contributed by atoms with Crippen molar-refractivity contribution >= 4 is 38.6 Å². The molecule has 0 aliphatic heterocycles. The molecule has 0 amide bonds. The van der Waals surface area contributed by atoms with Crippen LogP contribution in [0.5, 0.6) is 0 Å². The number of rotatable bonds is 10. The zero-order valence-corrected chi connectivity index (χ0v) is 20.4. The average Bonchev–Trinajstić information content (AvgIpc) is 3.38. The van der Waals surface area contributed by atoms with Crippen molar-refractivity contribution in [3.05, 3.63) is 75.2 Å². The Balaban J connectivity index is 1.86. The van der Waals surface area contributed by atoms with E-state index in [1.807, 2.05) is 31.4 Å². The van der Waals surface area contributed by atoms with Gasteiger partial charge in [-0.05, 0) is 75.9 Å². The first kappa shape index (κ1) is 23.9. The highest BCUT2D eigenvalue weighted by Gasteiger charge is 2.26.